The SMILES string of the molecule is O=C1CCCC2=C1[C@@H](c1cc(Cl)ccc1F)Nc1nonc1N2. The van der Waals surface area contributed by atoms with Crippen LogP contribution in [0.4, 0.5) is 16.0 Å². The Balaban J connectivity index is 1.91. The Hall–Kier alpha value is -2.41. The maximum Gasteiger partial charge on any atom is 0.219 e. The van der Waals surface area contributed by atoms with Gasteiger partial charge in [-0.15, -0.1) is 0 Å². The van der Waals surface area contributed by atoms with Crippen LogP contribution < -0.4 is 10.6 Å². The van der Waals surface area contributed by atoms with Crippen LogP contribution in [0.25, 0.3) is 0 Å². The van der Waals surface area contributed by atoms with Crippen LogP contribution in [-0.4, -0.2) is 16.1 Å². The van der Waals surface area contributed by atoms with E-state index in [1.54, 1.807) is 0 Å². The van der Waals surface area contributed by atoms with Crippen LogP contribution in [0.3, 0.4) is 0 Å². The van der Waals surface area contributed by atoms with E-state index in [-0.39, 0.29) is 11.3 Å². The number of nitrogens with one attached hydrogen (secondary N) is 2. The third kappa shape index (κ3) is 2.37. The normalized spacial score (nSPS) is 20.3. The van der Waals surface area contributed by atoms with E-state index in [1.165, 1.54) is 18.2 Å². The Bertz CT molecular complexity index is 833. The summed E-state index contributed by atoms with van der Waals surface area (Å²) in [6, 6.07) is 3.57. The molecule has 6 nitrogen and oxygen atoms in total. The summed E-state index contributed by atoms with van der Waals surface area (Å²) in [4.78, 5) is 12.5. The van der Waals surface area contributed by atoms with E-state index in [0.29, 0.717) is 40.8 Å². The molecule has 1 aliphatic heterocycles. The minimum absolute atomic E-state index is 0.0299. The van der Waals surface area contributed by atoms with E-state index in [2.05, 4.69) is 20.9 Å². The average Bonchev–Trinajstić information content (AvgIpc) is 2.89. The summed E-state index contributed by atoms with van der Waals surface area (Å²) < 4.78 is 19.1. The van der Waals surface area contributed by atoms with E-state index >= 15 is 0 Å². The largest absolute Gasteiger partial charge is 0.353 e. The Morgan fingerprint density at radius 2 is 2.09 bits per heavy atom. The third-order valence-corrected chi connectivity index (χ3v) is 4.29. The number of carbonyl (C=O) groups excluding carboxylic acids is 1. The molecule has 1 aromatic heterocycles. The van der Waals surface area contributed by atoms with Crippen molar-refractivity contribution < 1.29 is 13.8 Å². The number of nitrogens with zero attached hydrogens (tertiary/aromatic N) is 2. The molecule has 0 amide bonds. The van der Waals surface area contributed by atoms with Crippen LogP contribution in [0.2, 0.25) is 5.02 Å². The number of Topliss-reactive ketones (excluding diaryl/α,β-unsaturated/α-hetero) is 1. The zero-order valence-corrected chi connectivity index (χ0v) is 12.7. The first-order valence-electron chi connectivity index (χ1n) is 7.21. The Kier molecular flexibility index (Phi) is 3.30. The van der Waals surface area contributed by atoms with Gasteiger partial charge in [-0.3, -0.25) is 4.79 Å². The monoisotopic (exact) mass is 334 g/mol. The fraction of sp³-hybridized carbons (Fsp3) is 0.267. The van der Waals surface area contributed by atoms with Crippen molar-refractivity contribution in [1.82, 2.24) is 10.3 Å². The van der Waals surface area contributed by atoms with Crippen LogP contribution in [-0.2, 0) is 4.79 Å². The van der Waals surface area contributed by atoms with Crippen molar-refractivity contribution >= 4 is 29.0 Å². The predicted octanol–water partition coefficient (Wildman–Crippen LogP) is 3.45. The summed E-state index contributed by atoms with van der Waals surface area (Å²) in [5, 5.41) is 14.1. The van der Waals surface area contributed by atoms with Gasteiger partial charge in [-0.1, -0.05) is 11.6 Å². The maximum absolute atomic E-state index is 14.4. The van der Waals surface area contributed by atoms with Gasteiger partial charge in [0.15, 0.2) is 5.78 Å². The van der Waals surface area contributed by atoms with Crippen molar-refractivity contribution in [3.8, 4) is 0 Å². The topological polar surface area (TPSA) is 80.1 Å². The van der Waals surface area contributed by atoms with Gasteiger partial charge in [0.25, 0.3) is 0 Å². The lowest BCUT2D eigenvalue weighted by Gasteiger charge is -2.25. The minimum atomic E-state index is -0.697. The quantitative estimate of drug-likeness (QED) is 0.831. The van der Waals surface area contributed by atoms with Gasteiger partial charge in [0.05, 0.1) is 6.04 Å². The predicted molar refractivity (Wildman–Crippen MR) is 81.6 cm³/mol. The lowest BCUT2D eigenvalue weighted by Crippen LogP contribution is -2.24. The number of fused-ring (bicyclic) bond motifs is 1. The molecule has 4 rings (SSSR count). The van der Waals surface area contributed by atoms with Gasteiger partial charge in [-0.2, -0.15) is 0 Å². The van der Waals surface area contributed by atoms with Crippen molar-refractivity contribution in [3.63, 3.8) is 0 Å². The smallest absolute Gasteiger partial charge is 0.219 e. The Labute approximate surface area is 135 Å². The molecule has 0 spiro atoms. The molecule has 0 saturated carbocycles. The molecule has 0 saturated heterocycles. The third-order valence-electron chi connectivity index (χ3n) is 4.05. The van der Waals surface area contributed by atoms with E-state index in [9.17, 15) is 9.18 Å². The summed E-state index contributed by atoms with van der Waals surface area (Å²) in [6.07, 6.45) is 1.83. The number of halogens is 2. The zero-order chi connectivity index (χ0) is 16.0. The standard InChI is InChI=1S/C15H12ClFN4O2/c16-7-4-5-9(17)8(6-7)13-12-10(2-1-3-11(12)22)18-14-15(19-13)21-23-20-14/h4-6,13H,1-3H2,(H,18,20)(H,19,21)/t13-/m1/s1. The van der Waals surface area contributed by atoms with Gasteiger partial charge < -0.3 is 10.6 Å². The molecule has 0 fully saturated rings. The summed E-state index contributed by atoms with van der Waals surface area (Å²) in [7, 11) is 0. The molecular formula is C15H12ClFN4O2. The zero-order valence-electron chi connectivity index (χ0n) is 11.9. The minimum Gasteiger partial charge on any atom is -0.353 e. The first-order chi connectivity index (χ1) is 11.1. The molecule has 0 unspecified atom stereocenters. The second-order valence-electron chi connectivity index (χ2n) is 5.50. The van der Waals surface area contributed by atoms with Crippen LogP contribution in [0.15, 0.2) is 34.1 Å². The number of benzene rings is 1. The Morgan fingerprint density at radius 1 is 1.26 bits per heavy atom. The Morgan fingerprint density at radius 3 is 2.96 bits per heavy atom. The number of hydrogen-bond acceptors (Lipinski definition) is 6. The van der Waals surface area contributed by atoms with Crippen LogP contribution >= 0.6 is 11.6 Å². The molecule has 8 heteroatoms. The number of aromatic nitrogens is 2. The van der Waals surface area contributed by atoms with Gasteiger partial charge in [-0.25, -0.2) is 9.02 Å². The molecule has 0 radical (unpaired) electrons. The molecule has 1 atom stereocenters. The number of allylic oxidation sites excluding steroid dienone is 1. The first kappa shape index (κ1) is 14.2. The van der Waals surface area contributed by atoms with Gasteiger partial charge >= 0.3 is 0 Å². The van der Waals surface area contributed by atoms with Crippen LogP contribution in [0, 0.1) is 5.82 Å². The number of rotatable bonds is 1. The lowest BCUT2D eigenvalue weighted by atomic mass is 9.86. The molecule has 118 valence electrons. The molecule has 1 aromatic carbocycles. The summed E-state index contributed by atoms with van der Waals surface area (Å²) in [6.45, 7) is 0. The number of ketones is 1. The molecule has 2 aliphatic rings. The highest BCUT2D eigenvalue weighted by Gasteiger charge is 2.35. The first-order valence-corrected chi connectivity index (χ1v) is 7.58. The molecule has 2 N–H and O–H groups in total. The maximum atomic E-state index is 14.4. The van der Waals surface area contributed by atoms with E-state index in [4.69, 9.17) is 16.2 Å². The van der Waals surface area contributed by atoms with Crippen molar-refractivity contribution in [1.29, 1.82) is 0 Å². The molecular weight excluding hydrogens is 323 g/mol. The molecule has 2 heterocycles. The van der Waals surface area contributed by atoms with Crippen molar-refractivity contribution in [2.45, 2.75) is 25.3 Å². The molecule has 2 aromatic rings. The second-order valence-corrected chi connectivity index (χ2v) is 5.94. The van der Waals surface area contributed by atoms with Gasteiger partial charge in [0.2, 0.25) is 11.6 Å². The van der Waals surface area contributed by atoms with Crippen LogP contribution in [0.1, 0.15) is 30.9 Å². The molecule has 23 heavy (non-hydrogen) atoms. The van der Waals surface area contributed by atoms with E-state index < -0.39 is 11.9 Å². The number of anilines is 2. The van der Waals surface area contributed by atoms with Gasteiger partial charge in [0, 0.05) is 28.3 Å². The highest BCUT2D eigenvalue weighted by Crippen LogP contribution is 2.40. The van der Waals surface area contributed by atoms with E-state index in [0.717, 1.165) is 6.42 Å². The number of hydrogen-bond donors (Lipinski definition) is 2. The van der Waals surface area contributed by atoms with Crippen molar-refractivity contribution in [2.75, 3.05) is 10.6 Å². The van der Waals surface area contributed by atoms with Crippen molar-refractivity contribution in [3.05, 3.63) is 45.9 Å². The fourth-order valence-electron chi connectivity index (χ4n) is 3.01. The van der Waals surface area contributed by atoms with Gasteiger partial charge in [-0.05, 0) is 41.4 Å². The highest BCUT2D eigenvalue weighted by atomic mass is 35.5. The highest BCUT2D eigenvalue weighted by molar-refractivity contribution is 6.30. The summed E-state index contributed by atoms with van der Waals surface area (Å²) in [5.74, 6) is 0.239. The van der Waals surface area contributed by atoms with Crippen molar-refractivity contribution in [2.24, 2.45) is 0 Å². The molecule has 1 aliphatic carbocycles. The average molecular weight is 335 g/mol. The lowest BCUT2D eigenvalue weighted by molar-refractivity contribution is -0.116. The van der Waals surface area contributed by atoms with E-state index in [1.807, 2.05) is 0 Å². The van der Waals surface area contributed by atoms with Gasteiger partial charge in [0.1, 0.15) is 5.82 Å². The molecule has 0 bridgehead atoms. The number of carbonyl (C=O) groups is 1. The summed E-state index contributed by atoms with van der Waals surface area (Å²) >= 11 is 6.01. The second kappa shape index (κ2) is 5.34. The summed E-state index contributed by atoms with van der Waals surface area (Å²) in [5.41, 5.74) is 1.50. The van der Waals surface area contributed by atoms with Crippen LogP contribution in [0.5, 0.6) is 0 Å². The fourth-order valence-corrected chi connectivity index (χ4v) is 3.20.